The van der Waals surface area contributed by atoms with Gasteiger partial charge in [-0.3, -0.25) is 4.79 Å². The minimum Gasteiger partial charge on any atom is -0.373 e. The van der Waals surface area contributed by atoms with Crippen LogP contribution in [0.5, 0.6) is 0 Å². The highest BCUT2D eigenvalue weighted by Crippen LogP contribution is 2.24. The molecule has 118 valence electrons. The number of nitrogens with zero attached hydrogens (tertiary/aromatic N) is 6. The molecule has 9 heteroatoms. The second-order valence-corrected chi connectivity index (χ2v) is 5.14. The lowest BCUT2D eigenvalue weighted by Gasteiger charge is -2.16. The number of nitrogens with one attached hydrogen (secondary N) is 2. The minimum absolute atomic E-state index is 0.377. The fourth-order valence-electron chi connectivity index (χ4n) is 2.13. The van der Waals surface area contributed by atoms with Crippen molar-refractivity contribution in [2.75, 3.05) is 29.6 Å². The van der Waals surface area contributed by atoms with Crippen LogP contribution in [0.15, 0.2) is 24.8 Å². The van der Waals surface area contributed by atoms with Crippen LogP contribution in [-0.4, -0.2) is 45.1 Å². The molecule has 2 N–H and O–H groups in total. The van der Waals surface area contributed by atoms with Gasteiger partial charge in [0, 0.05) is 14.1 Å². The zero-order chi connectivity index (χ0) is 16.4. The summed E-state index contributed by atoms with van der Waals surface area (Å²) in [5.74, 6) is 0.810. The molecule has 3 rings (SSSR count). The normalized spacial score (nSPS) is 10.6. The van der Waals surface area contributed by atoms with Crippen LogP contribution in [0.25, 0.3) is 5.65 Å². The molecule has 23 heavy (non-hydrogen) atoms. The Morgan fingerprint density at radius 2 is 2.13 bits per heavy atom. The number of anilines is 4. The molecular formula is C14H16N8O. The average Bonchev–Trinajstić information content (AvgIpc) is 2.95. The molecule has 0 radical (unpaired) electrons. The fourth-order valence-corrected chi connectivity index (χ4v) is 2.13. The summed E-state index contributed by atoms with van der Waals surface area (Å²) in [6.45, 7) is 1.95. The number of carbonyl (C=O) groups excluding carboxylic acids is 1. The van der Waals surface area contributed by atoms with Gasteiger partial charge in [-0.25, -0.2) is 14.5 Å². The van der Waals surface area contributed by atoms with Gasteiger partial charge in [0.25, 0.3) is 0 Å². The van der Waals surface area contributed by atoms with E-state index < -0.39 is 0 Å². The van der Waals surface area contributed by atoms with Crippen LogP contribution in [0.1, 0.15) is 5.56 Å². The number of hydrogen-bond acceptors (Lipinski definition) is 7. The maximum absolute atomic E-state index is 10.8. The Kier molecular flexibility index (Phi) is 3.75. The summed E-state index contributed by atoms with van der Waals surface area (Å²) < 4.78 is 1.66. The first-order chi connectivity index (χ1) is 11.1. The monoisotopic (exact) mass is 312 g/mol. The van der Waals surface area contributed by atoms with Crippen LogP contribution in [0.2, 0.25) is 0 Å². The van der Waals surface area contributed by atoms with E-state index in [0.29, 0.717) is 23.9 Å². The van der Waals surface area contributed by atoms with E-state index in [1.807, 2.05) is 38.2 Å². The molecule has 3 heterocycles. The second-order valence-electron chi connectivity index (χ2n) is 5.14. The first-order valence-electron chi connectivity index (χ1n) is 6.90. The third-order valence-electron chi connectivity index (χ3n) is 3.32. The van der Waals surface area contributed by atoms with Crippen molar-refractivity contribution in [2.24, 2.45) is 0 Å². The van der Waals surface area contributed by atoms with E-state index in [2.05, 4.69) is 30.7 Å². The highest BCUT2D eigenvalue weighted by Gasteiger charge is 2.10. The van der Waals surface area contributed by atoms with Gasteiger partial charge in [-0.1, -0.05) is 0 Å². The van der Waals surface area contributed by atoms with Crippen LogP contribution in [-0.2, 0) is 4.79 Å². The number of aromatic nitrogens is 5. The molecule has 0 aliphatic carbocycles. The van der Waals surface area contributed by atoms with Gasteiger partial charge in [-0.15, -0.1) is 0 Å². The molecular weight excluding hydrogens is 296 g/mol. The molecule has 3 aromatic rings. The van der Waals surface area contributed by atoms with Crippen LogP contribution in [0.4, 0.5) is 23.1 Å². The van der Waals surface area contributed by atoms with Gasteiger partial charge in [0.2, 0.25) is 12.4 Å². The quantitative estimate of drug-likeness (QED) is 0.683. The Labute approximate surface area is 132 Å². The molecule has 1 amide bonds. The van der Waals surface area contributed by atoms with Crippen molar-refractivity contribution in [3.8, 4) is 0 Å². The van der Waals surface area contributed by atoms with Crippen molar-refractivity contribution < 1.29 is 4.79 Å². The van der Waals surface area contributed by atoms with Gasteiger partial charge in [0.1, 0.15) is 6.33 Å². The van der Waals surface area contributed by atoms with Crippen LogP contribution >= 0.6 is 0 Å². The van der Waals surface area contributed by atoms with E-state index in [1.165, 1.54) is 6.33 Å². The van der Waals surface area contributed by atoms with Gasteiger partial charge in [-0.2, -0.15) is 10.1 Å². The molecule has 0 aromatic carbocycles. The first kappa shape index (κ1) is 14.7. The predicted octanol–water partition coefficient (Wildman–Crippen LogP) is 1.21. The highest BCUT2D eigenvalue weighted by atomic mass is 16.1. The number of hydrogen-bond donors (Lipinski definition) is 2. The maximum atomic E-state index is 10.8. The Balaban J connectivity index is 1.96. The molecule has 3 aromatic heterocycles. The SMILES string of the molecule is Cc1cc2ncnn2cc1Nc1ncc(N(C)C)c(NC=O)n1. The molecule has 0 aliphatic heterocycles. The molecule has 0 unspecified atom stereocenters. The summed E-state index contributed by atoms with van der Waals surface area (Å²) in [4.78, 5) is 25.3. The van der Waals surface area contributed by atoms with Crippen LogP contribution in [0, 0.1) is 6.92 Å². The third-order valence-corrected chi connectivity index (χ3v) is 3.32. The summed E-state index contributed by atoms with van der Waals surface area (Å²) in [6.07, 6.45) is 5.54. The number of amides is 1. The van der Waals surface area contributed by atoms with Crippen molar-refractivity contribution in [2.45, 2.75) is 6.92 Å². The smallest absolute Gasteiger partial charge is 0.229 e. The predicted molar refractivity (Wildman–Crippen MR) is 87.1 cm³/mol. The molecule has 9 nitrogen and oxygen atoms in total. The number of aryl methyl sites for hydroxylation is 1. The molecule has 0 saturated carbocycles. The van der Waals surface area contributed by atoms with Crippen LogP contribution in [0.3, 0.4) is 0 Å². The van der Waals surface area contributed by atoms with Crippen molar-refractivity contribution in [3.05, 3.63) is 30.4 Å². The lowest BCUT2D eigenvalue weighted by atomic mass is 10.2. The molecule has 0 atom stereocenters. The molecule has 0 fully saturated rings. The largest absolute Gasteiger partial charge is 0.373 e. The molecule has 0 spiro atoms. The molecule has 0 bridgehead atoms. The molecule has 0 aliphatic rings. The number of carbonyl (C=O) groups is 1. The lowest BCUT2D eigenvalue weighted by molar-refractivity contribution is -0.105. The van der Waals surface area contributed by atoms with E-state index in [4.69, 9.17) is 0 Å². The van der Waals surface area contributed by atoms with E-state index >= 15 is 0 Å². The Morgan fingerprint density at radius 1 is 1.30 bits per heavy atom. The first-order valence-corrected chi connectivity index (χ1v) is 6.90. The standard InChI is InChI=1S/C14H16N8O/c1-9-4-12-16-7-18-22(12)6-10(9)19-14-15-5-11(21(2)3)13(20-14)17-8-23/h4-8H,1-3H3,(H2,15,17,19,20,23). The van der Waals surface area contributed by atoms with Gasteiger partial charge in [0.05, 0.1) is 23.8 Å². The summed E-state index contributed by atoms with van der Waals surface area (Å²) in [5, 5.41) is 9.82. The molecule has 0 saturated heterocycles. The van der Waals surface area contributed by atoms with E-state index in [0.717, 1.165) is 16.9 Å². The van der Waals surface area contributed by atoms with E-state index in [9.17, 15) is 4.79 Å². The minimum atomic E-state index is 0.377. The lowest BCUT2D eigenvalue weighted by Crippen LogP contribution is -2.14. The Bertz CT molecular complexity index is 857. The Morgan fingerprint density at radius 3 is 2.87 bits per heavy atom. The van der Waals surface area contributed by atoms with Crippen molar-refractivity contribution >= 4 is 35.2 Å². The number of fused-ring (bicyclic) bond motifs is 1. The topological polar surface area (TPSA) is 100 Å². The van der Waals surface area contributed by atoms with Crippen molar-refractivity contribution in [1.82, 2.24) is 24.6 Å². The summed E-state index contributed by atoms with van der Waals surface area (Å²) in [6, 6.07) is 1.91. The summed E-state index contributed by atoms with van der Waals surface area (Å²) in [7, 11) is 3.70. The van der Waals surface area contributed by atoms with Crippen molar-refractivity contribution in [1.29, 1.82) is 0 Å². The highest BCUT2D eigenvalue weighted by molar-refractivity contribution is 5.78. The zero-order valence-electron chi connectivity index (χ0n) is 13.0. The number of rotatable bonds is 5. The van der Waals surface area contributed by atoms with Gasteiger partial charge < -0.3 is 15.5 Å². The van der Waals surface area contributed by atoms with Gasteiger partial charge in [-0.05, 0) is 18.6 Å². The Hall–Kier alpha value is -3.23. The summed E-state index contributed by atoms with van der Waals surface area (Å²) >= 11 is 0. The van der Waals surface area contributed by atoms with Gasteiger partial charge >= 0.3 is 0 Å². The van der Waals surface area contributed by atoms with Crippen LogP contribution < -0.4 is 15.5 Å². The third kappa shape index (κ3) is 2.89. The fraction of sp³-hybridized carbons (Fsp3) is 0.214. The zero-order valence-corrected chi connectivity index (χ0v) is 13.0. The van der Waals surface area contributed by atoms with Crippen molar-refractivity contribution in [3.63, 3.8) is 0 Å². The van der Waals surface area contributed by atoms with Gasteiger partial charge in [0.15, 0.2) is 11.5 Å². The second kappa shape index (κ2) is 5.87. The summed E-state index contributed by atoms with van der Waals surface area (Å²) in [5.41, 5.74) is 3.26. The average molecular weight is 312 g/mol. The van der Waals surface area contributed by atoms with E-state index in [1.54, 1.807) is 10.7 Å². The number of pyridine rings is 1. The maximum Gasteiger partial charge on any atom is 0.229 e. The van der Waals surface area contributed by atoms with E-state index in [-0.39, 0.29) is 0 Å².